The third kappa shape index (κ3) is 4.03. The molecule has 7 heteroatoms. The number of hydrogen-bond donors (Lipinski definition) is 1. The smallest absolute Gasteiger partial charge is 0.293 e. The Kier molecular flexibility index (Phi) is 4.99. The van der Waals surface area contributed by atoms with Gasteiger partial charge >= 0.3 is 0 Å². The van der Waals surface area contributed by atoms with E-state index in [4.69, 9.17) is 23.2 Å². The number of likely N-dealkylation sites (N-methyl/N-ethyl adjacent to an activating group) is 1. The zero-order chi connectivity index (χ0) is 13.0. The molecule has 0 heterocycles. The lowest BCUT2D eigenvalue weighted by Gasteiger charge is -2.12. The number of anilines is 1. The van der Waals surface area contributed by atoms with Crippen LogP contribution in [0.1, 0.15) is 0 Å². The molecular weight excluding hydrogens is 265 g/mol. The number of benzene rings is 1. The SMILES string of the molecule is CN(C)CCNc1cc(Cl)c(Cl)cc1[N+](=O)[O-]. The van der Waals surface area contributed by atoms with Crippen LogP contribution in [0.3, 0.4) is 0 Å². The number of nitrogens with one attached hydrogen (secondary N) is 1. The molecule has 5 nitrogen and oxygen atoms in total. The average Bonchev–Trinajstić information content (AvgIpc) is 2.22. The fraction of sp³-hybridized carbons (Fsp3) is 0.400. The summed E-state index contributed by atoms with van der Waals surface area (Å²) in [4.78, 5) is 12.3. The van der Waals surface area contributed by atoms with Crippen LogP contribution in [0.15, 0.2) is 12.1 Å². The molecule has 0 spiro atoms. The summed E-state index contributed by atoms with van der Waals surface area (Å²) in [7, 11) is 3.84. The van der Waals surface area contributed by atoms with Gasteiger partial charge in [-0.05, 0) is 20.2 Å². The van der Waals surface area contributed by atoms with E-state index < -0.39 is 4.92 Å². The molecule has 0 aliphatic rings. The van der Waals surface area contributed by atoms with Crippen molar-refractivity contribution < 1.29 is 4.92 Å². The minimum Gasteiger partial charge on any atom is -0.378 e. The highest BCUT2D eigenvalue weighted by atomic mass is 35.5. The van der Waals surface area contributed by atoms with E-state index >= 15 is 0 Å². The van der Waals surface area contributed by atoms with Crippen molar-refractivity contribution in [1.29, 1.82) is 0 Å². The van der Waals surface area contributed by atoms with Crippen molar-refractivity contribution in [2.75, 3.05) is 32.5 Å². The second kappa shape index (κ2) is 6.05. The van der Waals surface area contributed by atoms with Crippen molar-refractivity contribution in [3.05, 3.63) is 32.3 Å². The Bertz CT molecular complexity index is 424. The number of halogens is 2. The van der Waals surface area contributed by atoms with E-state index in [-0.39, 0.29) is 10.7 Å². The zero-order valence-electron chi connectivity index (χ0n) is 9.54. The summed E-state index contributed by atoms with van der Waals surface area (Å²) >= 11 is 11.6. The molecule has 0 bridgehead atoms. The van der Waals surface area contributed by atoms with Crippen LogP contribution in [0.2, 0.25) is 10.0 Å². The van der Waals surface area contributed by atoms with Gasteiger partial charge in [0.2, 0.25) is 0 Å². The molecule has 1 rings (SSSR count). The summed E-state index contributed by atoms with van der Waals surface area (Å²) in [6.07, 6.45) is 0. The summed E-state index contributed by atoms with van der Waals surface area (Å²) < 4.78 is 0. The fourth-order valence-electron chi connectivity index (χ4n) is 1.24. The van der Waals surface area contributed by atoms with Crippen LogP contribution in [0.5, 0.6) is 0 Å². The average molecular weight is 278 g/mol. The molecule has 0 fully saturated rings. The van der Waals surface area contributed by atoms with Crippen LogP contribution in [-0.4, -0.2) is 37.0 Å². The lowest BCUT2D eigenvalue weighted by atomic mass is 10.2. The lowest BCUT2D eigenvalue weighted by molar-refractivity contribution is -0.383. The van der Waals surface area contributed by atoms with Crippen LogP contribution in [0, 0.1) is 10.1 Å². The van der Waals surface area contributed by atoms with Gasteiger partial charge in [-0.15, -0.1) is 0 Å². The predicted molar refractivity (Wildman–Crippen MR) is 70.2 cm³/mol. The fourth-order valence-corrected chi connectivity index (χ4v) is 1.56. The van der Waals surface area contributed by atoms with Crippen LogP contribution in [0.25, 0.3) is 0 Å². The Balaban J connectivity index is 2.89. The van der Waals surface area contributed by atoms with Gasteiger partial charge in [-0.2, -0.15) is 0 Å². The molecule has 94 valence electrons. The first-order valence-corrected chi connectivity index (χ1v) is 5.69. The molecule has 0 unspecified atom stereocenters. The van der Waals surface area contributed by atoms with Crippen molar-refractivity contribution in [2.45, 2.75) is 0 Å². The quantitative estimate of drug-likeness (QED) is 0.664. The van der Waals surface area contributed by atoms with Crippen LogP contribution in [0.4, 0.5) is 11.4 Å². The Morgan fingerprint density at radius 2 is 1.94 bits per heavy atom. The normalized spacial score (nSPS) is 10.6. The molecule has 17 heavy (non-hydrogen) atoms. The van der Waals surface area contributed by atoms with Gasteiger partial charge in [0.1, 0.15) is 5.69 Å². The van der Waals surface area contributed by atoms with Crippen molar-refractivity contribution in [1.82, 2.24) is 4.90 Å². The van der Waals surface area contributed by atoms with E-state index in [1.54, 1.807) is 0 Å². The largest absolute Gasteiger partial charge is 0.378 e. The summed E-state index contributed by atoms with van der Waals surface area (Å²) in [5.74, 6) is 0. The number of rotatable bonds is 5. The first-order chi connectivity index (χ1) is 7.91. The molecule has 0 amide bonds. The number of hydrogen-bond acceptors (Lipinski definition) is 4. The van der Waals surface area contributed by atoms with Crippen molar-refractivity contribution in [3.8, 4) is 0 Å². The Hall–Kier alpha value is -1.04. The van der Waals surface area contributed by atoms with Gasteiger partial charge in [0.25, 0.3) is 5.69 Å². The van der Waals surface area contributed by atoms with Crippen molar-refractivity contribution >= 4 is 34.6 Å². The highest BCUT2D eigenvalue weighted by molar-refractivity contribution is 6.42. The molecule has 1 N–H and O–H groups in total. The molecule has 0 saturated carbocycles. The molecule has 1 aromatic carbocycles. The topological polar surface area (TPSA) is 58.4 Å². The molecule has 0 aliphatic heterocycles. The van der Waals surface area contributed by atoms with E-state index in [1.807, 2.05) is 19.0 Å². The second-order valence-corrected chi connectivity index (χ2v) is 4.59. The van der Waals surface area contributed by atoms with Gasteiger partial charge in [0, 0.05) is 19.2 Å². The first kappa shape index (κ1) is 14.0. The van der Waals surface area contributed by atoms with Gasteiger partial charge in [-0.1, -0.05) is 23.2 Å². The highest BCUT2D eigenvalue weighted by Crippen LogP contribution is 2.33. The minimum absolute atomic E-state index is 0.0712. The Labute approximate surface area is 109 Å². The number of nitro groups is 1. The van der Waals surface area contributed by atoms with Crippen LogP contribution >= 0.6 is 23.2 Å². The minimum atomic E-state index is -0.486. The molecule has 0 atom stereocenters. The predicted octanol–water partition coefficient (Wildman–Crippen LogP) is 2.88. The summed E-state index contributed by atoms with van der Waals surface area (Å²) in [6, 6.07) is 2.72. The van der Waals surface area contributed by atoms with E-state index in [1.165, 1.54) is 12.1 Å². The molecule has 0 aromatic heterocycles. The van der Waals surface area contributed by atoms with E-state index in [0.29, 0.717) is 17.3 Å². The molecule has 1 aromatic rings. The van der Waals surface area contributed by atoms with Crippen molar-refractivity contribution in [3.63, 3.8) is 0 Å². The maximum atomic E-state index is 10.8. The van der Waals surface area contributed by atoms with Crippen LogP contribution < -0.4 is 5.32 Å². The van der Waals surface area contributed by atoms with Crippen molar-refractivity contribution in [2.24, 2.45) is 0 Å². The Morgan fingerprint density at radius 3 is 2.47 bits per heavy atom. The standard InChI is InChI=1S/C10H13Cl2N3O2/c1-14(2)4-3-13-9-5-7(11)8(12)6-10(9)15(16)17/h5-6,13H,3-4H2,1-2H3. The number of nitro benzene ring substituents is 1. The van der Waals surface area contributed by atoms with Gasteiger partial charge in [0.05, 0.1) is 15.0 Å². The maximum Gasteiger partial charge on any atom is 0.293 e. The van der Waals surface area contributed by atoms with Gasteiger partial charge in [0.15, 0.2) is 0 Å². The number of nitrogens with zero attached hydrogens (tertiary/aromatic N) is 2. The summed E-state index contributed by atoms with van der Waals surface area (Å²) in [5, 5.41) is 14.3. The molecule has 0 radical (unpaired) electrons. The monoisotopic (exact) mass is 277 g/mol. The second-order valence-electron chi connectivity index (χ2n) is 3.77. The summed E-state index contributed by atoms with van der Waals surface area (Å²) in [6.45, 7) is 1.35. The van der Waals surface area contributed by atoms with E-state index in [0.717, 1.165) is 6.54 Å². The molecular formula is C10H13Cl2N3O2. The Morgan fingerprint density at radius 1 is 1.35 bits per heavy atom. The third-order valence-corrected chi connectivity index (χ3v) is 2.83. The van der Waals surface area contributed by atoms with E-state index in [9.17, 15) is 10.1 Å². The lowest BCUT2D eigenvalue weighted by Crippen LogP contribution is -2.21. The van der Waals surface area contributed by atoms with Gasteiger partial charge in [-0.25, -0.2) is 0 Å². The summed E-state index contributed by atoms with van der Waals surface area (Å²) in [5.41, 5.74) is 0.310. The molecule has 0 aliphatic carbocycles. The van der Waals surface area contributed by atoms with Gasteiger partial charge < -0.3 is 10.2 Å². The van der Waals surface area contributed by atoms with E-state index in [2.05, 4.69) is 5.32 Å². The first-order valence-electron chi connectivity index (χ1n) is 4.94. The van der Waals surface area contributed by atoms with Gasteiger partial charge in [-0.3, -0.25) is 10.1 Å². The third-order valence-electron chi connectivity index (χ3n) is 2.11. The zero-order valence-corrected chi connectivity index (χ0v) is 11.0. The molecule has 0 saturated heterocycles. The highest BCUT2D eigenvalue weighted by Gasteiger charge is 2.16. The maximum absolute atomic E-state index is 10.8. The van der Waals surface area contributed by atoms with Crippen LogP contribution in [-0.2, 0) is 0 Å².